The average molecular weight is 336 g/mol. The molecule has 0 saturated carbocycles. The summed E-state index contributed by atoms with van der Waals surface area (Å²) in [5, 5.41) is 3.39. The van der Waals surface area contributed by atoms with E-state index in [-0.39, 0.29) is 0 Å². The Labute approximate surface area is 150 Å². The molecule has 1 heterocycles. The third-order valence-electron chi connectivity index (χ3n) is 5.36. The van der Waals surface area contributed by atoms with Gasteiger partial charge in [0.1, 0.15) is 5.78 Å². The van der Waals surface area contributed by atoms with Crippen molar-refractivity contribution >= 4 is 5.78 Å². The highest BCUT2D eigenvalue weighted by Gasteiger charge is 2.18. The summed E-state index contributed by atoms with van der Waals surface area (Å²) in [6, 6.07) is 0. The molecular weight excluding hydrogens is 294 g/mol. The van der Waals surface area contributed by atoms with E-state index in [4.69, 9.17) is 0 Å². The van der Waals surface area contributed by atoms with Crippen molar-refractivity contribution in [3.63, 3.8) is 0 Å². The van der Waals surface area contributed by atoms with Gasteiger partial charge in [0.2, 0.25) is 0 Å². The van der Waals surface area contributed by atoms with E-state index in [0.717, 1.165) is 38.8 Å². The lowest BCUT2D eigenvalue weighted by Gasteiger charge is -2.12. The first kappa shape index (κ1) is 21.4. The summed E-state index contributed by atoms with van der Waals surface area (Å²) in [5.74, 6) is 0.890. The van der Waals surface area contributed by atoms with Crippen molar-refractivity contribution in [1.82, 2.24) is 5.32 Å². The Balaban J connectivity index is 1.81. The minimum absolute atomic E-state index is 0.353. The van der Waals surface area contributed by atoms with Crippen LogP contribution >= 0.6 is 0 Å². The Kier molecular flexibility index (Phi) is 14.2. The standard InChI is InChI=1S/C22H41NO/c1-2-3-4-5-6-7-8-9-10-11-12-13-14-17-22(24)21-16-15-19-23-20-18-21/h2,21,23H,1,3-20H2. The van der Waals surface area contributed by atoms with Crippen LogP contribution in [0.3, 0.4) is 0 Å². The molecule has 1 atom stereocenters. The van der Waals surface area contributed by atoms with Crippen LogP contribution in [0.2, 0.25) is 0 Å². The van der Waals surface area contributed by atoms with E-state index < -0.39 is 0 Å². The highest BCUT2D eigenvalue weighted by Crippen LogP contribution is 2.18. The predicted octanol–water partition coefficient (Wildman–Crippen LogP) is 6.20. The lowest BCUT2D eigenvalue weighted by molar-refractivity contribution is -0.123. The van der Waals surface area contributed by atoms with E-state index >= 15 is 0 Å². The zero-order valence-corrected chi connectivity index (χ0v) is 16.0. The first-order chi connectivity index (χ1) is 11.8. The predicted molar refractivity (Wildman–Crippen MR) is 105 cm³/mol. The molecule has 140 valence electrons. The number of ketones is 1. The van der Waals surface area contributed by atoms with Crippen molar-refractivity contribution in [3.05, 3.63) is 12.7 Å². The Bertz CT molecular complexity index is 305. The molecule has 1 saturated heterocycles. The van der Waals surface area contributed by atoms with Crippen LogP contribution in [0.1, 0.15) is 103 Å². The zero-order valence-electron chi connectivity index (χ0n) is 16.0. The molecule has 1 aliphatic heterocycles. The lowest BCUT2D eigenvalue weighted by atomic mass is 9.92. The third-order valence-corrected chi connectivity index (χ3v) is 5.36. The Morgan fingerprint density at radius 1 is 0.833 bits per heavy atom. The molecule has 24 heavy (non-hydrogen) atoms. The van der Waals surface area contributed by atoms with Gasteiger partial charge in [0.25, 0.3) is 0 Å². The van der Waals surface area contributed by atoms with Crippen LogP contribution in [-0.2, 0) is 4.79 Å². The molecular formula is C22H41NO. The maximum absolute atomic E-state index is 12.2. The van der Waals surface area contributed by atoms with Crippen LogP contribution in [0.15, 0.2) is 12.7 Å². The van der Waals surface area contributed by atoms with E-state index in [9.17, 15) is 4.79 Å². The molecule has 0 bridgehead atoms. The summed E-state index contributed by atoms with van der Waals surface area (Å²) < 4.78 is 0. The maximum Gasteiger partial charge on any atom is 0.136 e. The molecule has 0 amide bonds. The summed E-state index contributed by atoms with van der Waals surface area (Å²) in [5.41, 5.74) is 0. The van der Waals surface area contributed by atoms with E-state index in [1.807, 2.05) is 6.08 Å². The quantitative estimate of drug-likeness (QED) is 0.285. The molecule has 0 aromatic heterocycles. The zero-order chi connectivity index (χ0) is 17.3. The van der Waals surface area contributed by atoms with Gasteiger partial charge in [-0.1, -0.05) is 63.9 Å². The van der Waals surface area contributed by atoms with Crippen LogP contribution in [0.4, 0.5) is 0 Å². The van der Waals surface area contributed by atoms with Gasteiger partial charge in [-0.25, -0.2) is 0 Å². The van der Waals surface area contributed by atoms with Crippen molar-refractivity contribution in [3.8, 4) is 0 Å². The Morgan fingerprint density at radius 3 is 2.04 bits per heavy atom. The number of nitrogens with one attached hydrogen (secondary N) is 1. The highest BCUT2D eigenvalue weighted by atomic mass is 16.1. The SMILES string of the molecule is C=CCCCCCCCCCCCCCC(=O)C1CCCNCC1. The number of Topliss-reactive ketones (excluding diaryl/α,β-unsaturated/α-hetero) is 1. The summed E-state index contributed by atoms with van der Waals surface area (Å²) in [6.45, 7) is 5.89. The van der Waals surface area contributed by atoms with Crippen LogP contribution < -0.4 is 5.32 Å². The topological polar surface area (TPSA) is 29.1 Å². The second-order valence-electron chi connectivity index (χ2n) is 7.56. The first-order valence-electron chi connectivity index (χ1n) is 10.7. The monoisotopic (exact) mass is 335 g/mol. The van der Waals surface area contributed by atoms with Crippen LogP contribution in [-0.4, -0.2) is 18.9 Å². The molecule has 1 fully saturated rings. The van der Waals surface area contributed by atoms with Gasteiger partial charge in [-0.15, -0.1) is 6.58 Å². The molecule has 2 heteroatoms. The fourth-order valence-electron chi connectivity index (χ4n) is 3.72. The lowest BCUT2D eigenvalue weighted by Crippen LogP contribution is -2.17. The minimum atomic E-state index is 0.353. The van der Waals surface area contributed by atoms with Gasteiger partial charge in [0.15, 0.2) is 0 Å². The molecule has 0 radical (unpaired) electrons. The number of allylic oxidation sites excluding steroid dienone is 1. The molecule has 2 nitrogen and oxygen atoms in total. The fraction of sp³-hybridized carbons (Fsp3) is 0.864. The van der Waals surface area contributed by atoms with E-state index in [2.05, 4.69) is 11.9 Å². The second-order valence-corrected chi connectivity index (χ2v) is 7.56. The van der Waals surface area contributed by atoms with Crippen molar-refractivity contribution in [2.75, 3.05) is 13.1 Å². The number of hydrogen-bond donors (Lipinski definition) is 1. The summed E-state index contributed by atoms with van der Waals surface area (Å²) >= 11 is 0. The first-order valence-corrected chi connectivity index (χ1v) is 10.7. The van der Waals surface area contributed by atoms with Gasteiger partial charge in [-0.2, -0.15) is 0 Å². The number of unbranched alkanes of at least 4 members (excludes halogenated alkanes) is 11. The van der Waals surface area contributed by atoms with Gasteiger partial charge in [-0.3, -0.25) is 4.79 Å². The van der Waals surface area contributed by atoms with E-state index in [1.54, 1.807) is 0 Å². The molecule has 1 rings (SSSR count). The van der Waals surface area contributed by atoms with Crippen molar-refractivity contribution in [2.24, 2.45) is 5.92 Å². The van der Waals surface area contributed by atoms with Crippen molar-refractivity contribution in [1.29, 1.82) is 0 Å². The fourth-order valence-corrected chi connectivity index (χ4v) is 3.72. The van der Waals surface area contributed by atoms with Gasteiger partial charge >= 0.3 is 0 Å². The normalized spacial score (nSPS) is 18.2. The van der Waals surface area contributed by atoms with Gasteiger partial charge in [0, 0.05) is 12.3 Å². The summed E-state index contributed by atoms with van der Waals surface area (Å²) in [7, 11) is 0. The van der Waals surface area contributed by atoms with Crippen LogP contribution in [0, 0.1) is 5.92 Å². The second kappa shape index (κ2) is 15.9. The number of hydrogen-bond acceptors (Lipinski definition) is 2. The highest BCUT2D eigenvalue weighted by molar-refractivity contribution is 5.80. The Morgan fingerprint density at radius 2 is 1.42 bits per heavy atom. The molecule has 0 aromatic carbocycles. The maximum atomic E-state index is 12.2. The molecule has 0 aromatic rings. The molecule has 1 unspecified atom stereocenters. The smallest absolute Gasteiger partial charge is 0.136 e. The number of carbonyl (C=O) groups excluding carboxylic acids is 1. The average Bonchev–Trinajstić information content (AvgIpc) is 2.88. The van der Waals surface area contributed by atoms with Gasteiger partial charge < -0.3 is 5.32 Å². The van der Waals surface area contributed by atoms with E-state index in [1.165, 1.54) is 77.0 Å². The van der Waals surface area contributed by atoms with Crippen LogP contribution in [0.5, 0.6) is 0 Å². The molecule has 0 aliphatic carbocycles. The largest absolute Gasteiger partial charge is 0.317 e. The van der Waals surface area contributed by atoms with E-state index in [0.29, 0.717) is 11.7 Å². The summed E-state index contributed by atoms with van der Waals surface area (Å²) in [6.07, 6.45) is 22.1. The molecule has 1 N–H and O–H groups in total. The molecule has 0 spiro atoms. The molecule has 1 aliphatic rings. The van der Waals surface area contributed by atoms with Crippen molar-refractivity contribution < 1.29 is 4.79 Å². The van der Waals surface area contributed by atoms with Gasteiger partial charge in [-0.05, 0) is 51.6 Å². The number of rotatable bonds is 15. The number of carbonyl (C=O) groups is 1. The third kappa shape index (κ3) is 11.8. The van der Waals surface area contributed by atoms with Crippen LogP contribution in [0.25, 0.3) is 0 Å². The summed E-state index contributed by atoms with van der Waals surface area (Å²) in [4.78, 5) is 12.2. The van der Waals surface area contributed by atoms with Crippen molar-refractivity contribution in [2.45, 2.75) is 103 Å². The van der Waals surface area contributed by atoms with Gasteiger partial charge in [0.05, 0.1) is 0 Å². The Hall–Kier alpha value is -0.630. The minimum Gasteiger partial charge on any atom is -0.317 e.